The van der Waals surface area contributed by atoms with E-state index in [1.165, 1.54) is 0 Å². The first-order chi connectivity index (χ1) is 12.9. The minimum atomic E-state index is -0.494. The van der Waals surface area contributed by atoms with Crippen molar-refractivity contribution in [1.82, 2.24) is 15.1 Å². The molecule has 0 aliphatic heterocycles. The number of nitrogens with one attached hydrogen (secondary N) is 1. The summed E-state index contributed by atoms with van der Waals surface area (Å²) in [5.41, 5.74) is -0.0541. The number of aromatic nitrogens is 2. The average Bonchev–Trinajstić information content (AvgIpc) is 2.99. The van der Waals surface area contributed by atoms with E-state index in [4.69, 9.17) is 11.6 Å². The van der Waals surface area contributed by atoms with Crippen molar-refractivity contribution in [2.75, 3.05) is 0 Å². The van der Waals surface area contributed by atoms with Gasteiger partial charge in [0.05, 0.1) is 29.5 Å². The number of hydrogen-bond acceptors (Lipinski definition) is 4. The molecular weight excluding hydrogens is 366 g/mol. The molecule has 1 aromatic heterocycles. The molecule has 5 aliphatic rings. The quantitative estimate of drug-likeness (QED) is 0.736. The third-order valence-corrected chi connectivity index (χ3v) is 7.91. The Bertz CT molecular complexity index is 727. The molecule has 5 fully saturated rings. The number of aliphatic hydroxyl groups is 2. The molecule has 5 saturated carbocycles. The molecule has 1 amide bonds. The summed E-state index contributed by atoms with van der Waals surface area (Å²) in [6.45, 7) is 0. The predicted octanol–water partition coefficient (Wildman–Crippen LogP) is 2.68. The Labute approximate surface area is 164 Å². The van der Waals surface area contributed by atoms with Gasteiger partial charge in [-0.3, -0.25) is 9.48 Å². The van der Waals surface area contributed by atoms with Crippen LogP contribution in [0.15, 0.2) is 6.20 Å². The number of hydrogen-bond donors (Lipinski definition) is 3. The molecule has 0 aromatic carbocycles. The zero-order valence-corrected chi connectivity index (χ0v) is 16.2. The van der Waals surface area contributed by atoms with Gasteiger partial charge in [0.25, 0.3) is 5.91 Å². The second-order valence-electron chi connectivity index (χ2n) is 9.45. The van der Waals surface area contributed by atoms with Crippen LogP contribution in [0.25, 0.3) is 0 Å². The lowest BCUT2D eigenvalue weighted by atomic mass is 9.52. The molecule has 148 valence electrons. The fourth-order valence-electron chi connectivity index (χ4n) is 6.50. The Hall–Kier alpha value is -1.11. The van der Waals surface area contributed by atoms with Gasteiger partial charge in [0.2, 0.25) is 0 Å². The first-order valence-corrected chi connectivity index (χ1v) is 10.7. The van der Waals surface area contributed by atoms with E-state index in [-0.39, 0.29) is 24.1 Å². The van der Waals surface area contributed by atoms with E-state index in [9.17, 15) is 15.0 Å². The number of amides is 1. The monoisotopic (exact) mass is 393 g/mol. The third kappa shape index (κ3) is 3.10. The summed E-state index contributed by atoms with van der Waals surface area (Å²) < 4.78 is 1.75. The molecule has 6 rings (SSSR count). The van der Waals surface area contributed by atoms with E-state index in [0.717, 1.165) is 57.8 Å². The van der Waals surface area contributed by atoms with Crippen molar-refractivity contribution in [2.45, 2.75) is 81.6 Å². The Morgan fingerprint density at radius 1 is 1.19 bits per heavy atom. The van der Waals surface area contributed by atoms with Crippen LogP contribution in [-0.4, -0.2) is 43.6 Å². The highest BCUT2D eigenvalue weighted by Crippen LogP contribution is 2.55. The lowest BCUT2D eigenvalue weighted by molar-refractivity contribution is -0.136. The Morgan fingerprint density at radius 2 is 1.85 bits per heavy atom. The number of carbonyl (C=O) groups is 1. The van der Waals surface area contributed by atoms with Gasteiger partial charge in [-0.2, -0.15) is 5.10 Å². The van der Waals surface area contributed by atoms with Gasteiger partial charge in [-0.25, -0.2) is 0 Å². The van der Waals surface area contributed by atoms with E-state index >= 15 is 0 Å². The maximum Gasteiger partial charge on any atom is 0.256 e. The highest BCUT2D eigenvalue weighted by atomic mass is 35.5. The molecule has 3 N–H and O–H groups in total. The van der Waals surface area contributed by atoms with Gasteiger partial charge < -0.3 is 15.5 Å². The number of nitrogens with zero attached hydrogens (tertiary/aromatic N) is 2. The smallest absolute Gasteiger partial charge is 0.256 e. The standard InChI is InChI=1S/C20H28ClN3O3/c21-18-16(10-22-24(18)14-1-3-15(25)4-2-14)19(26)23-17-12-5-11-6-13(17)9-20(27,7-11)8-12/h10-15,17,25,27H,1-9H2,(H,23,26). The van der Waals surface area contributed by atoms with Crippen LogP contribution >= 0.6 is 11.6 Å². The molecule has 4 bridgehead atoms. The average molecular weight is 394 g/mol. The van der Waals surface area contributed by atoms with Crippen LogP contribution in [0.5, 0.6) is 0 Å². The predicted molar refractivity (Wildman–Crippen MR) is 101 cm³/mol. The maximum atomic E-state index is 12.9. The van der Waals surface area contributed by atoms with Gasteiger partial charge in [-0.1, -0.05) is 11.6 Å². The molecule has 0 radical (unpaired) electrons. The van der Waals surface area contributed by atoms with Crippen LogP contribution < -0.4 is 5.32 Å². The molecule has 0 spiro atoms. The van der Waals surface area contributed by atoms with Crippen molar-refractivity contribution in [1.29, 1.82) is 0 Å². The van der Waals surface area contributed by atoms with Crippen LogP contribution in [0.1, 0.15) is 74.2 Å². The van der Waals surface area contributed by atoms with E-state index < -0.39 is 5.60 Å². The van der Waals surface area contributed by atoms with Gasteiger partial charge in [0.15, 0.2) is 0 Å². The van der Waals surface area contributed by atoms with E-state index in [0.29, 0.717) is 28.5 Å². The summed E-state index contributed by atoms with van der Waals surface area (Å²) >= 11 is 6.52. The molecule has 0 saturated heterocycles. The molecule has 7 heteroatoms. The van der Waals surface area contributed by atoms with Gasteiger partial charge in [-0.05, 0) is 75.5 Å². The lowest BCUT2D eigenvalue weighted by Crippen LogP contribution is -2.61. The maximum absolute atomic E-state index is 12.9. The van der Waals surface area contributed by atoms with Gasteiger partial charge >= 0.3 is 0 Å². The van der Waals surface area contributed by atoms with Crippen molar-refractivity contribution < 1.29 is 15.0 Å². The van der Waals surface area contributed by atoms with Crippen molar-refractivity contribution in [3.8, 4) is 0 Å². The summed E-state index contributed by atoms with van der Waals surface area (Å²) in [5.74, 6) is 1.22. The molecule has 6 nitrogen and oxygen atoms in total. The number of aliphatic hydroxyl groups excluding tert-OH is 1. The third-order valence-electron chi connectivity index (χ3n) is 7.53. The van der Waals surface area contributed by atoms with Crippen LogP contribution in [0.2, 0.25) is 5.15 Å². The normalized spacial score (nSPS) is 43.1. The van der Waals surface area contributed by atoms with Gasteiger partial charge in [0, 0.05) is 6.04 Å². The lowest BCUT2D eigenvalue weighted by Gasteiger charge is -2.58. The van der Waals surface area contributed by atoms with Crippen molar-refractivity contribution in [3.05, 3.63) is 16.9 Å². The summed E-state index contributed by atoms with van der Waals surface area (Å²) in [6, 6.07) is 0.288. The van der Waals surface area contributed by atoms with Crippen molar-refractivity contribution in [2.24, 2.45) is 17.8 Å². The zero-order chi connectivity index (χ0) is 18.8. The Kier molecular flexibility index (Phi) is 4.30. The van der Waals surface area contributed by atoms with Gasteiger partial charge in [0.1, 0.15) is 5.15 Å². The Morgan fingerprint density at radius 3 is 2.48 bits per heavy atom. The largest absolute Gasteiger partial charge is 0.393 e. The van der Waals surface area contributed by atoms with E-state index in [1.54, 1.807) is 10.9 Å². The van der Waals surface area contributed by atoms with Crippen molar-refractivity contribution in [3.63, 3.8) is 0 Å². The summed E-state index contributed by atoms with van der Waals surface area (Å²) in [4.78, 5) is 12.9. The fourth-order valence-corrected chi connectivity index (χ4v) is 6.82. The molecule has 1 heterocycles. The second kappa shape index (κ2) is 6.46. The molecule has 2 unspecified atom stereocenters. The Balaban J connectivity index is 1.30. The molecule has 5 aliphatic carbocycles. The number of rotatable bonds is 3. The number of carbonyl (C=O) groups excluding carboxylic acids is 1. The first kappa shape index (κ1) is 18.0. The van der Waals surface area contributed by atoms with E-state index in [1.807, 2.05) is 0 Å². The molecule has 1 aromatic rings. The second-order valence-corrected chi connectivity index (χ2v) is 9.81. The highest BCUT2D eigenvalue weighted by molar-refractivity contribution is 6.32. The van der Waals surface area contributed by atoms with Crippen LogP contribution in [0.4, 0.5) is 0 Å². The SMILES string of the molecule is O=C(NC1C2CC3CC1CC(O)(C3)C2)c1cnn(C2CCC(O)CC2)c1Cl. The van der Waals surface area contributed by atoms with Crippen molar-refractivity contribution >= 4 is 17.5 Å². The van der Waals surface area contributed by atoms with Crippen LogP contribution in [0.3, 0.4) is 0 Å². The minimum Gasteiger partial charge on any atom is -0.393 e. The highest BCUT2D eigenvalue weighted by Gasteiger charge is 2.55. The number of halogens is 1. The van der Waals surface area contributed by atoms with E-state index in [2.05, 4.69) is 10.4 Å². The fraction of sp³-hybridized carbons (Fsp3) is 0.800. The van der Waals surface area contributed by atoms with Crippen LogP contribution in [-0.2, 0) is 0 Å². The zero-order valence-electron chi connectivity index (χ0n) is 15.5. The summed E-state index contributed by atoms with van der Waals surface area (Å²) in [7, 11) is 0. The topological polar surface area (TPSA) is 87.4 Å². The minimum absolute atomic E-state index is 0.138. The molecular formula is C20H28ClN3O3. The van der Waals surface area contributed by atoms with Gasteiger partial charge in [-0.15, -0.1) is 0 Å². The molecule has 2 atom stereocenters. The molecule has 27 heavy (non-hydrogen) atoms. The summed E-state index contributed by atoms with van der Waals surface area (Å²) in [5, 5.41) is 28.4. The first-order valence-electron chi connectivity index (χ1n) is 10.4. The summed E-state index contributed by atoms with van der Waals surface area (Å²) in [6.07, 6.45) is 9.28. The van der Waals surface area contributed by atoms with Crippen LogP contribution in [0, 0.1) is 17.8 Å².